The molecule has 1 aliphatic rings. The lowest BCUT2D eigenvalue weighted by Crippen LogP contribution is -2.45. The predicted molar refractivity (Wildman–Crippen MR) is 191 cm³/mol. The largest absolute Gasteiger partial charge is 0.463 e. The van der Waals surface area contributed by atoms with E-state index in [2.05, 4.69) is 34.9 Å². The second-order valence-corrected chi connectivity index (χ2v) is 12.1. The minimum Gasteiger partial charge on any atom is -0.463 e. The van der Waals surface area contributed by atoms with Crippen LogP contribution in [0, 0.1) is 0 Å². The Kier molecular flexibility index (Phi) is 11.0. The van der Waals surface area contributed by atoms with Gasteiger partial charge in [0.05, 0.1) is 19.1 Å². The molecule has 0 radical (unpaired) electrons. The molecule has 0 aliphatic heterocycles. The molecule has 2 amide bonds. The van der Waals surface area contributed by atoms with Crippen molar-refractivity contribution in [3.63, 3.8) is 0 Å². The molecule has 0 saturated carbocycles. The maximum absolute atomic E-state index is 13.5. The van der Waals surface area contributed by atoms with Gasteiger partial charge >= 0.3 is 12.1 Å². The molecule has 0 bridgehead atoms. The topological polar surface area (TPSA) is 103 Å². The summed E-state index contributed by atoms with van der Waals surface area (Å²) in [6, 6.07) is 45.1. The highest BCUT2D eigenvalue weighted by Crippen LogP contribution is 2.44. The molecule has 50 heavy (non-hydrogen) atoms. The van der Waals surface area contributed by atoms with E-state index in [1.54, 1.807) is 0 Å². The minimum absolute atomic E-state index is 0.00452. The number of fused-ring (bicyclic) bond motifs is 3. The summed E-state index contributed by atoms with van der Waals surface area (Å²) in [7, 11) is 1.51. The highest BCUT2D eigenvalue weighted by molar-refractivity contribution is 5.81. The molecule has 0 spiro atoms. The molecule has 0 unspecified atom stereocenters. The number of ether oxygens (including phenoxy) is 3. The standard InChI is InChI=1S/C42H40N2O6/c1-43-39(45)25-26-40(46)48-27-33(44-41(47)49-29-38-36-23-13-11-21-34(36)35-22-12-14-24-37(35)38)28-50-42(30-15-5-2-6-16-30,31-17-7-3-8-18-31)32-19-9-4-10-20-32/h2-24,33,38H,25-29H2,1H3,(H,43,45)(H,44,47)/t33-/m1/s1. The number of rotatable bonds is 14. The molecule has 1 atom stereocenters. The molecule has 1 aliphatic carbocycles. The summed E-state index contributed by atoms with van der Waals surface area (Å²) in [5, 5.41) is 5.41. The van der Waals surface area contributed by atoms with E-state index in [-0.39, 0.29) is 44.5 Å². The van der Waals surface area contributed by atoms with Gasteiger partial charge in [-0.15, -0.1) is 0 Å². The van der Waals surface area contributed by atoms with Gasteiger partial charge in [0.2, 0.25) is 5.91 Å². The van der Waals surface area contributed by atoms with Gasteiger partial charge in [0.1, 0.15) is 18.8 Å². The van der Waals surface area contributed by atoms with Crippen LogP contribution >= 0.6 is 0 Å². The van der Waals surface area contributed by atoms with E-state index in [0.29, 0.717) is 0 Å². The van der Waals surface area contributed by atoms with Crippen LogP contribution in [0.1, 0.15) is 46.6 Å². The third-order valence-corrected chi connectivity index (χ3v) is 8.99. The summed E-state index contributed by atoms with van der Waals surface area (Å²) in [5.74, 6) is -0.947. The Bertz CT molecular complexity index is 1760. The monoisotopic (exact) mass is 668 g/mol. The van der Waals surface area contributed by atoms with Gasteiger partial charge in [0.15, 0.2) is 0 Å². The number of esters is 1. The molecule has 0 heterocycles. The lowest BCUT2D eigenvalue weighted by molar-refractivity contribution is -0.146. The van der Waals surface area contributed by atoms with E-state index in [1.165, 1.54) is 7.05 Å². The van der Waals surface area contributed by atoms with Crippen LogP contribution in [0.5, 0.6) is 0 Å². The van der Waals surface area contributed by atoms with Crippen LogP contribution in [0.25, 0.3) is 11.1 Å². The Balaban J connectivity index is 1.24. The molecule has 5 aromatic rings. The molecule has 6 rings (SSSR count). The van der Waals surface area contributed by atoms with Gasteiger partial charge in [0, 0.05) is 19.4 Å². The number of alkyl carbamates (subject to hydrolysis) is 1. The Morgan fingerprint density at radius 1 is 0.620 bits per heavy atom. The number of carbonyl (C=O) groups excluding carboxylic acids is 3. The molecule has 0 aromatic heterocycles. The van der Waals surface area contributed by atoms with Crippen LogP contribution in [0.3, 0.4) is 0 Å². The lowest BCUT2D eigenvalue weighted by atomic mass is 9.80. The van der Waals surface area contributed by atoms with Crippen LogP contribution in [0.4, 0.5) is 4.79 Å². The number of hydrogen-bond acceptors (Lipinski definition) is 6. The molecule has 254 valence electrons. The third-order valence-electron chi connectivity index (χ3n) is 8.99. The first-order valence-electron chi connectivity index (χ1n) is 16.8. The number of hydrogen-bond donors (Lipinski definition) is 2. The quantitative estimate of drug-likeness (QED) is 0.0979. The third kappa shape index (κ3) is 7.61. The van der Waals surface area contributed by atoms with E-state index in [4.69, 9.17) is 14.2 Å². The Morgan fingerprint density at radius 3 is 1.60 bits per heavy atom. The highest BCUT2D eigenvalue weighted by Gasteiger charge is 2.38. The van der Waals surface area contributed by atoms with Crippen molar-refractivity contribution in [3.05, 3.63) is 167 Å². The predicted octanol–water partition coefficient (Wildman–Crippen LogP) is 6.97. The molecular formula is C42H40N2O6. The van der Waals surface area contributed by atoms with Gasteiger partial charge in [-0.05, 0) is 38.9 Å². The van der Waals surface area contributed by atoms with Crippen LogP contribution in [0.2, 0.25) is 0 Å². The SMILES string of the molecule is CNC(=O)CCC(=O)OC[C@H](COC(c1ccccc1)(c1ccccc1)c1ccccc1)NC(=O)OCC1c2ccccc2-c2ccccc21. The number of amides is 2. The van der Waals surface area contributed by atoms with Crippen LogP contribution in [0.15, 0.2) is 140 Å². The van der Waals surface area contributed by atoms with Crippen molar-refractivity contribution in [1.29, 1.82) is 0 Å². The van der Waals surface area contributed by atoms with Crippen molar-refractivity contribution < 1.29 is 28.6 Å². The Labute approximate surface area is 292 Å². The van der Waals surface area contributed by atoms with Gasteiger partial charge in [0.25, 0.3) is 0 Å². The smallest absolute Gasteiger partial charge is 0.407 e. The zero-order valence-corrected chi connectivity index (χ0v) is 27.9. The maximum atomic E-state index is 13.5. The zero-order valence-electron chi connectivity index (χ0n) is 27.9. The normalized spacial score (nSPS) is 12.7. The Hall–Kier alpha value is -5.73. The van der Waals surface area contributed by atoms with Crippen LogP contribution in [-0.4, -0.2) is 50.9 Å². The van der Waals surface area contributed by atoms with E-state index in [9.17, 15) is 14.4 Å². The van der Waals surface area contributed by atoms with Crippen LogP contribution < -0.4 is 10.6 Å². The number of carbonyl (C=O) groups is 3. The van der Waals surface area contributed by atoms with Crippen molar-refractivity contribution in [2.45, 2.75) is 30.4 Å². The van der Waals surface area contributed by atoms with Gasteiger partial charge < -0.3 is 24.8 Å². The van der Waals surface area contributed by atoms with E-state index in [1.807, 2.05) is 115 Å². The maximum Gasteiger partial charge on any atom is 0.407 e. The molecule has 5 aromatic carbocycles. The first kappa shape index (κ1) is 34.1. The van der Waals surface area contributed by atoms with Gasteiger partial charge in [-0.1, -0.05) is 140 Å². The van der Waals surface area contributed by atoms with Gasteiger partial charge in [-0.3, -0.25) is 9.59 Å². The second-order valence-electron chi connectivity index (χ2n) is 12.1. The Morgan fingerprint density at radius 2 is 1.10 bits per heavy atom. The summed E-state index contributed by atoms with van der Waals surface area (Å²) >= 11 is 0. The summed E-state index contributed by atoms with van der Waals surface area (Å²) in [6.45, 7) is -0.0990. The van der Waals surface area contributed by atoms with Crippen molar-refractivity contribution in [1.82, 2.24) is 10.6 Å². The fourth-order valence-corrected chi connectivity index (χ4v) is 6.54. The van der Waals surface area contributed by atoms with Crippen molar-refractivity contribution in [2.75, 3.05) is 26.9 Å². The molecule has 8 heteroatoms. The molecule has 0 fully saturated rings. The molecule has 8 nitrogen and oxygen atoms in total. The zero-order chi connectivity index (χ0) is 34.8. The van der Waals surface area contributed by atoms with E-state index < -0.39 is 23.7 Å². The summed E-state index contributed by atoms with van der Waals surface area (Å²) in [5.41, 5.74) is 6.07. The average Bonchev–Trinajstić information content (AvgIpc) is 3.50. The van der Waals surface area contributed by atoms with Crippen molar-refractivity contribution in [3.8, 4) is 11.1 Å². The highest BCUT2D eigenvalue weighted by atomic mass is 16.6. The fraction of sp³-hybridized carbons (Fsp3) is 0.214. The van der Waals surface area contributed by atoms with Gasteiger partial charge in [-0.25, -0.2) is 4.79 Å². The number of nitrogens with one attached hydrogen (secondary N) is 2. The first-order chi connectivity index (χ1) is 24.5. The van der Waals surface area contributed by atoms with E-state index in [0.717, 1.165) is 38.9 Å². The second kappa shape index (κ2) is 16.1. The minimum atomic E-state index is -1.06. The molecular weight excluding hydrogens is 628 g/mol. The summed E-state index contributed by atoms with van der Waals surface area (Å²) in [4.78, 5) is 37.9. The summed E-state index contributed by atoms with van der Waals surface area (Å²) in [6.07, 6.45) is -0.762. The van der Waals surface area contributed by atoms with Crippen molar-refractivity contribution in [2.24, 2.45) is 0 Å². The van der Waals surface area contributed by atoms with Crippen molar-refractivity contribution >= 4 is 18.0 Å². The van der Waals surface area contributed by atoms with Crippen LogP contribution in [-0.2, 0) is 29.4 Å². The summed E-state index contributed by atoms with van der Waals surface area (Å²) < 4.78 is 18.4. The number of benzene rings is 5. The van der Waals surface area contributed by atoms with Gasteiger partial charge in [-0.2, -0.15) is 0 Å². The van der Waals surface area contributed by atoms with E-state index >= 15 is 0 Å². The first-order valence-corrected chi connectivity index (χ1v) is 16.8. The average molecular weight is 669 g/mol. The molecule has 2 N–H and O–H groups in total. The lowest BCUT2D eigenvalue weighted by Gasteiger charge is -2.37. The fourth-order valence-electron chi connectivity index (χ4n) is 6.54. The molecule has 0 saturated heterocycles.